The highest BCUT2D eigenvalue weighted by molar-refractivity contribution is 7.91. The number of hydrogen-bond donors (Lipinski definition) is 1. The van der Waals surface area contributed by atoms with Gasteiger partial charge in [0.15, 0.2) is 9.84 Å². The van der Waals surface area contributed by atoms with Gasteiger partial charge in [0.05, 0.1) is 17.5 Å². The summed E-state index contributed by atoms with van der Waals surface area (Å²) in [5, 5.41) is 2.65. The minimum absolute atomic E-state index is 0.0350. The maximum atomic E-state index is 12.1. The molecule has 2 heterocycles. The smallest absolute Gasteiger partial charge is 0.227 e. The summed E-state index contributed by atoms with van der Waals surface area (Å²) in [5.74, 6) is -0.160. The van der Waals surface area contributed by atoms with Crippen molar-refractivity contribution in [3.8, 4) is 0 Å². The Labute approximate surface area is 123 Å². The molecular formula is C14H16N2O4S. The van der Waals surface area contributed by atoms with E-state index in [-0.39, 0.29) is 41.7 Å². The second-order valence-corrected chi connectivity index (χ2v) is 7.75. The van der Waals surface area contributed by atoms with Crippen LogP contribution in [-0.2, 0) is 19.4 Å². The van der Waals surface area contributed by atoms with Crippen LogP contribution in [0, 0.1) is 5.92 Å². The predicted molar refractivity (Wildman–Crippen MR) is 78.8 cm³/mol. The number of carbonyl (C=O) groups is 2. The molecule has 2 aliphatic rings. The quantitative estimate of drug-likeness (QED) is 0.875. The summed E-state index contributed by atoms with van der Waals surface area (Å²) >= 11 is 0. The summed E-state index contributed by atoms with van der Waals surface area (Å²) in [6.07, 6.45) is 0.289. The van der Waals surface area contributed by atoms with Crippen LogP contribution < -0.4 is 10.2 Å². The van der Waals surface area contributed by atoms with Gasteiger partial charge in [-0.3, -0.25) is 9.59 Å². The summed E-state index contributed by atoms with van der Waals surface area (Å²) in [4.78, 5) is 24.7. The molecule has 112 valence electrons. The number of nitrogens with one attached hydrogen (secondary N) is 1. The Morgan fingerprint density at radius 1 is 1.24 bits per heavy atom. The summed E-state index contributed by atoms with van der Waals surface area (Å²) in [7, 11) is -3.04. The molecule has 2 atom stereocenters. The molecule has 0 saturated carbocycles. The van der Waals surface area contributed by atoms with Crippen LogP contribution in [0.3, 0.4) is 0 Å². The third-order valence-corrected chi connectivity index (χ3v) is 5.73. The second kappa shape index (κ2) is 4.84. The van der Waals surface area contributed by atoms with Crippen LogP contribution in [0.5, 0.6) is 0 Å². The summed E-state index contributed by atoms with van der Waals surface area (Å²) in [6, 6.07) is 6.63. The monoisotopic (exact) mass is 308 g/mol. The van der Waals surface area contributed by atoms with Crippen molar-refractivity contribution in [1.29, 1.82) is 0 Å². The number of anilines is 2. The second-order valence-electron chi connectivity index (χ2n) is 5.60. The highest BCUT2D eigenvalue weighted by atomic mass is 32.2. The van der Waals surface area contributed by atoms with Crippen molar-refractivity contribution >= 4 is 33.0 Å². The number of fused-ring (bicyclic) bond motifs is 1. The van der Waals surface area contributed by atoms with Crippen LogP contribution in [0.25, 0.3) is 0 Å². The predicted octanol–water partition coefficient (Wildman–Crippen LogP) is 0.795. The molecule has 1 N–H and O–H groups in total. The number of amides is 2. The Morgan fingerprint density at radius 3 is 2.52 bits per heavy atom. The first-order valence-electron chi connectivity index (χ1n) is 6.76. The normalized spacial score (nSPS) is 26.7. The zero-order chi connectivity index (χ0) is 15.2. The number of benzene rings is 1. The van der Waals surface area contributed by atoms with Crippen LogP contribution in [0.2, 0.25) is 0 Å². The molecule has 2 aliphatic heterocycles. The molecule has 0 aromatic heterocycles. The molecule has 2 amide bonds. The van der Waals surface area contributed by atoms with E-state index in [1.165, 1.54) is 6.92 Å². The maximum Gasteiger partial charge on any atom is 0.227 e. The number of hydrogen-bond acceptors (Lipinski definition) is 4. The molecule has 0 radical (unpaired) electrons. The van der Waals surface area contributed by atoms with Gasteiger partial charge in [-0.2, -0.15) is 0 Å². The standard InChI is InChI=1S/C14H16N2O4S/c1-9(17)15-11-2-4-12(5-3-11)16-13-8-21(19,20)7-10(13)6-14(16)18/h2-5,10,13H,6-8H2,1H3,(H,15,17)/t10-,13-/m0/s1. The first-order chi connectivity index (χ1) is 9.85. The lowest BCUT2D eigenvalue weighted by molar-refractivity contribution is -0.117. The Hall–Kier alpha value is -1.89. The molecule has 1 aromatic carbocycles. The Morgan fingerprint density at radius 2 is 1.90 bits per heavy atom. The maximum absolute atomic E-state index is 12.1. The molecule has 7 heteroatoms. The number of sulfone groups is 1. The molecule has 0 aliphatic carbocycles. The SMILES string of the molecule is CC(=O)Nc1ccc(N2C(=O)C[C@H]3CS(=O)(=O)C[C@@H]32)cc1. The van der Waals surface area contributed by atoms with Crippen molar-refractivity contribution in [3.05, 3.63) is 24.3 Å². The average molecular weight is 308 g/mol. The fraction of sp³-hybridized carbons (Fsp3) is 0.429. The first-order valence-corrected chi connectivity index (χ1v) is 8.58. The first kappa shape index (κ1) is 14.1. The lowest BCUT2D eigenvalue weighted by atomic mass is 10.0. The van der Waals surface area contributed by atoms with Crippen LogP contribution >= 0.6 is 0 Å². The fourth-order valence-corrected chi connectivity index (χ4v) is 5.20. The van der Waals surface area contributed by atoms with Crippen LogP contribution in [0.1, 0.15) is 13.3 Å². The van der Waals surface area contributed by atoms with Crippen molar-refractivity contribution in [3.63, 3.8) is 0 Å². The highest BCUT2D eigenvalue weighted by Crippen LogP contribution is 2.37. The summed E-state index contributed by atoms with van der Waals surface area (Å²) in [6.45, 7) is 1.42. The van der Waals surface area contributed by atoms with Crippen molar-refractivity contribution in [2.45, 2.75) is 19.4 Å². The molecule has 1 aromatic rings. The van der Waals surface area contributed by atoms with Gasteiger partial charge >= 0.3 is 0 Å². The van der Waals surface area contributed by atoms with E-state index in [0.717, 1.165) is 0 Å². The molecule has 21 heavy (non-hydrogen) atoms. The molecular weight excluding hydrogens is 292 g/mol. The summed E-state index contributed by atoms with van der Waals surface area (Å²) < 4.78 is 23.4. The van der Waals surface area contributed by atoms with E-state index >= 15 is 0 Å². The van der Waals surface area contributed by atoms with Gasteiger partial charge in [0.1, 0.15) is 0 Å². The van der Waals surface area contributed by atoms with Crippen molar-refractivity contribution in [2.75, 3.05) is 21.7 Å². The van der Waals surface area contributed by atoms with E-state index < -0.39 is 9.84 Å². The molecule has 2 saturated heterocycles. The zero-order valence-corrected chi connectivity index (χ0v) is 12.4. The Balaban J connectivity index is 1.85. The Bertz CT molecular complexity index is 696. The molecule has 0 spiro atoms. The van der Waals surface area contributed by atoms with E-state index in [1.54, 1.807) is 29.2 Å². The molecule has 0 unspecified atom stereocenters. The lowest BCUT2D eigenvalue weighted by Crippen LogP contribution is -2.36. The third-order valence-electron chi connectivity index (χ3n) is 3.94. The van der Waals surface area contributed by atoms with E-state index in [1.807, 2.05) is 0 Å². The average Bonchev–Trinajstić information content (AvgIpc) is 2.80. The van der Waals surface area contributed by atoms with Crippen molar-refractivity contribution in [2.24, 2.45) is 5.92 Å². The molecule has 6 nitrogen and oxygen atoms in total. The number of nitrogens with zero attached hydrogens (tertiary/aromatic N) is 1. The van der Waals surface area contributed by atoms with E-state index in [0.29, 0.717) is 11.4 Å². The van der Waals surface area contributed by atoms with E-state index in [9.17, 15) is 18.0 Å². The minimum atomic E-state index is -3.04. The topological polar surface area (TPSA) is 83.6 Å². The van der Waals surface area contributed by atoms with Crippen molar-refractivity contribution in [1.82, 2.24) is 0 Å². The third kappa shape index (κ3) is 2.65. The van der Waals surface area contributed by atoms with Crippen LogP contribution in [0.15, 0.2) is 24.3 Å². The van der Waals surface area contributed by atoms with Gasteiger partial charge in [0, 0.05) is 30.6 Å². The summed E-state index contributed by atoms with van der Waals surface area (Å²) in [5.41, 5.74) is 1.33. The lowest BCUT2D eigenvalue weighted by Gasteiger charge is -2.23. The van der Waals surface area contributed by atoms with Gasteiger partial charge in [0.2, 0.25) is 11.8 Å². The van der Waals surface area contributed by atoms with Gasteiger partial charge in [0.25, 0.3) is 0 Å². The van der Waals surface area contributed by atoms with Crippen molar-refractivity contribution < 1.29 is 18.0 Å². The molecule has 2 fully saturated rings. The van der Waals surface area contributed by atoms with Gasteiger partial charge in [-0.15, -0.1) is 0 Å². The van der Waals surface area contributed by atoms with Gasteiger partial charge in [-0.05, 0) is 24.3 Å². The van der Waals surface area contributed by atoms with E-state index in [4.69, 9.17) is 0 Å². The minimum Gasteiger partial charge on any atom is -0.326 e. The molecule has 0 bridgehead atoms. The van der Waals surface area contributed by atoms with E-state index in [2.05, 4.69) is 5.32 Å². The highest BCUT2D eigenvalue weighted by Gasteiger charge is 2.49. The zero-order valence-electron chi connectivity index (χ0n) is 11.6. The fourth-order valence-electron chi connectivity index (χ4n) is 3.13. The Kier molecular flexibility index (Phi) is 3.24. The van der Waals surface area contributed by atoms with Gasteiger partial charge in [-0.25, -0.2) is 8.42 Å². The molecule has 3 rings (SSSR count). The number of carbonyl (C=O) groups excluding carboxylic acids is 2. The largest absolute Gasteiger partial charge is 0.326 e. The van der Waals surface area contributed by atoms with Gasteiger partial charge in [-0.1, -0.05) is 0 Å². The number of rotatable bonds is 2. The van der Waals surface area contributed by atoms with Crippen LogP contribution in [0.4, 0.5) is 11.4 Å². The van der Waals surface area contributed by atoms with Gasteiger partial charge < -0.3 is 10.2 Å². The van der Waals surface area contributed by atoms with Crippen LogP contribution in [-0.4, -0.2) is 37.8 Å².